The van der Waals surface area contributed by atoms with Crippen LogP contribution in [0.25, 0.3) is 0 Å². The third kappa shape index (κ3) is 1.44. The van der Waals surface area contributed by atoms with E-state index >= 15 is 0 Å². The molecule has 1 aliphatic heterocycles. The van der Waals surface area contributed by atoms with E-state index in [0.717, 1.165) is 0 Å². The van der Waals surface area contributed by atoms with Crippen molar-refractivity contribution in [1.82, 2.24) is 14.5 Å². The molecule has 0 bridgehead atoms. The van der Waals surface area contributed by atoms with E-state index in [1.807, 2.05) is 13.8 Å². The molecule has 0 aliphatic carbocycles. The SMILES string of the molecule is CC1(C)CN(S(=O)(=O)c2cn[nH]c2)C1. The molecule has 1 aromatic heterocycles. The second-order valence-corrected chi connectivity index (χ2v) is 6.31. The molecular formula is C8H13N3O2S. The average Bonchev–Trinajstić information content (AvgIpc) is 2.51. The molecular weight excluding hydrogens is 202 g/mol. The summed E-state index contributed by atoms with van der Waals surface area (Å²) >= 11 is 0. The van der Waals surface area contributed by atoms with Crippen LogP contribution in [0, 0.1) is 5.41 Å². The van der Waals surface area contributed by atoms with Crippen molar-refractivity contribution < 1.29 is 8.42 Å². The molecule has 78 valence electrons. The zero-order chi connectivity index (χ0) is 10.4. The summed E-state index contributed by atoms with van der Waals surface area (Å²) in [4.78, 5) is 0.244. The average molecular weight is 215 g/mol. The summed E-state index contributed by atoms with van der Waals surface area (Å²) in [6.07, 6.45) is 2.74. The molecule has 0 amide bonds. The van der Waals surface area contributed by atoms with Gasteiger partial charge in [-0.15, -0.1) is 0 Å². The normalized spacial score (nSPS) is 21.9. The van der Waals surface area contributed by atoms with Crippen LogP contribution < -0.4 is 0 Å². The van der Waals surface area contributed by atoms with Crippen LogP contribution in [0.1, 0.15) is 13.8 Å². The van der Waals surface area contributed by atoms with E-state index in [2.05, 4.69) is 10.2 Å². The zero-order valence-corrected chi connectivity index (χ0v) is 9.00. The van der Waals surface area contributed by atoms with Crippen LogP contribution in [-0.4, -0.2) is 36.0 Å². The van der Waals surface area contributed by atoms with Crippen LogP contribution in [0.4, 0.5) is 0 Å². The fraction of sp³-hybridized carbons (Fsp3) is 0.625. The largest absolute Gasteiger partial charge is 0.284 e. The minimum absolute atomic E-state index is 0.108. The molecule has 1 aliphatic rings. The molecule has 0 spiro atoms. The van der Waals surface area contributed by atoms with Crippen molar-refractivity contribution in [3.8, 4) is 0 Å². The quantitative estimate of drug-likeness (QED) is 0.778. The highest BCUT2D eigenvalue weighted by Gasteiger charge is 2.42. The molecule has 0 aromatic carbocycles. The van der Waals surface area contributed by atoms with E-state index in [1.165, 1.54) is 16.7 Å². The Morgan fingerprint density at radius 2 is 2.14 bits per heavy atom. The Bertz CT molecular complexity index is 413. The van der Waals surface area contributed by atoms with E-state index in [0.29, 0.717) is 13.1 Å². The van der Waals surface area contributed by atoms with E-state index < -0.39 is 10.0 Å². The number of aromatic amines is 1. The number of aromatic nitrogens is 2. The Labute approximate surface area is 83.2 Å². The van der Waals surface area contributed by atoms with Crippen LogP contribution >= 0.6 is 0 Å². The Morgan fingerprint density at radius 1 is 1.50 bits per heavy atom. The summed E-state index contributed by atoms with van der Waals surface area (Å²) in [6.45, 7) is 5.27. The fourth-order valence-electron chi connectivity index (χ4n) is 1.61. The maximum Gasteiger partial charge on any atom is 0.246 e. The van der Waals surface area contributed by atoms with Crippen LogP contribution in [-0.2, 0) is 10.0 Å². The van der Waals surface area contributed by atoms with Gasteiger partial charge in [0.2, 0.25) is 10.0 Å². The number of H-pyrrole nitrogens is 1. The zero-order valence-electron chi connectivity index (χ0n) is 8.19. The van der Waals surface area contributed by atoms with Crippen molar-refractivity contribution in [3.05, 3.63) is 12.4 Å². The van der Waals surface area contributed by atoms with Crippen LogP contribution in [0.15, 0.2) is 17.3 Å². The molecule has 5 nitrogen and oxygen atoms in total. The van der Waals surface area contributed by atoms with Gasteiger partial charge in [0, 0.05) is 19.3 Å². The Hall–Kier alpha value is -0.880. The lowest BCUT2D eigenvalue weighted by Crippen LogP contribution is -2.55. The minimum Gasteiger partial charge on any atom is -0.284 e. The molecule has 2 rings (SSSR count). The Morgan fingerprint density at radius 3 is 2.57 bits per heavy atom. The van der Waals surface area contributed by atoms with Gasteiger partial charge in [-0.1, -0.05) is 13.8 Å². The molecule has 1 saturated heterocycles. The standard InChI is InChI=1S/C8H13N3O2S/c1-8(2)5-11(6-8)14(12,13)7-3-9-10-4-7/h3-4H,5-6H2,1-2H3,(H,9,10). The summed E-state index contributed by atoms with van der Waals surface area (Å²) in [5.41, 5.74) is 0.108. The molecule has 1 fully saturated rings. The van der Waals surface area contributed by atoms with Gasteiger partial charge in [0.15, 0.2) is 0 Å². The Balaban J connectivity index is 2.21. The first kappa shape index (κ1) is 9.67. The lowest BCUT2D eigenvalue weighted by atomic mass is 9.87. The Kier molecular flexibility index (Phi) is 1.94. The molecule has 0 radical (unpaired) electrons. The summed E-state index contributed by atoms with van der Waals surface area (Å²) in [7, 11) is -3.29. The second kappa shape index (κ2) is 2.80. The summed E-state index contributed by atoms with van der Waals surface area (Å²) in [5.74, 6) is 0. The first-order valence-electron chi connectivity index (χ1n) is 4.41. The summed E-state index contributed by atoms with van der Waals surface area (Å²) < 4.78 is 25.1. The maximum atomic E-state index is 11.8. The lowest BCUT2D eigenvalue weighted by Gasteiger charge is -2.44. The molecule has 1 aromatic rings. The van der Waals surface area contributed by atoms with Crippen molar-refractivity contribution >= 4 is 10.0 Å². The minimum atomic E-state index is -3.29. The van der Waals surface area contributed by atoms with Crippen molar-refractivity contribution in [2.24, 2.45) is 5.41 Å². The topological polar surface area (TPSA) is 66.1 Å². The monoisotopic (exact) mass is 215 g/mol. The van der Waals surface area contributed by atoms with Gasteiger partial charge in [-0.05, 0) is 5.41 Å². The molecule has 0 unspecified atom stereocenters. The van der Waals surface area contributed by atoms with Gasteiger partial charge in [0.25, 0.3) is 0 Å². The van der Waals surface area contributed by atoms with Gasteiger partial charge in [-0.3, -0.25) is 5.10 Å². The van der Waals surface area contributed by atoms with E-state index in [4.69, 9.17) is 0 Å². The highest BCUT2D eigenvalue weighted by atomic mass is 32.2. The highest BCUT2D eigenvalue weighted by molar-refractivity contribution is 7.89. The molecule has 1 N–H and O–H groups in total. The number of hydrogen-bond acceptors (Lipinski definition) is 3. The molecule has 0 atom stereocenters. The van der Waals surface area contributed by atoms with Crippen LogP contribution in [0.5, 0.6) is 0 Å². The number of nitrogens with zero attached hydrogens (tertiary/aromatic N) is 2. The molecule has 6 heteroatoms. The van der Waals surface area contributed by atoms with Crippen LogP contribution in [0.2, 0.25) is 0 Å². The summed E-state index contributed by atoms with van der Waals surface area (Å²) in [6, 6.07) is 0. The van der Waals surface area contributed by atoms with Gasteiger partial charge < -0.3 is 0 Å². The fourth-order valence-corrected chi connectivity index (χ4v) is 3.33. The van der Waals surface area contributed by atoms with Gasteiger partial charge in [-0.2, -0.15) is 9.40 Å². The van der Waals surface area contributed by atoms with Crippen LogP contribution in [0.3, 0.4) is 0 Å². The van der Waals surface area contributed by atoms with Gasteiger partial charge in [-0.25, -0.2) is 8.42 Å². The molecule has 14 heavy (non-hydrogen) atoms. The van der Waals surface area contributed by atoms with Crippen molar-refractivity contribution in [2.75, 3.05) is 13.1 Å². The van der Waals surface area contributed by atoms with Crippen molar-refractivity contribution in [3.63, 3.8) is 0 Å². The predicted octanol–water partition coefficient (Wildman–Crippen LogP) is 0.440. The predicted molar refractivity (Wildman–Crippen MR) is 51.1 cm³/mol. The van der Waals surface area contributed by atoms with E-state index in [1.54, 1.807) is 0 Å². The van der Waals surface area contributed by atoms with Gasteiger partial charge >= 0.3 is 0 Å². The van der Waals surface area contributed by atoms with Gasteiger partial charge in [0.05, 0.1) is 6.20 Å². The first-order chi connectivity index (χ1) is 6.42. The lowest BCUT2D eigenvalue weighted by molar-refractivity contribution is 0.111. The number of sulfonamides is 1. The smallest absolute Gasteiger partial charge is 0.246 e. The third-order valence-corrected chi connectivity index (χ3v) is 4.08. The number of nitrogens with one attached hydrogen (secondary N) is 1. The highest BCUT2D eigenvalue weighted by Crippen LogP contribution is 2.33. The van der Waals surface area contributed by atoms with E-state index in [-0.39, 0.29) is 10.3 Å². The molecule has 2 heterocycles. The third-order valence-electron chi connectivity index (χ3n) is 2.32. The van der Waals surface area contributed by atoms with E-state index in [9.17, 15) is 8.42 Å². The first-order valence-corrected chi connectivity index (χ1v) is 5.85. The maximum absolute atomic E-state index is 11.8. The number of hydrogen-bond donors (Lipinski definition) is 1. The summed E-state index contributed by atoms with van der Waals surface area (Å²) in [5, 5.41) is 6.14. The van der Waals surface area contributed by atoms with Crippen molar-refractivity contribution in [1.29, 1.82) is 0 Å². The molecule has 0 saturated carbocycles. The number of rotatable bonds is 2. The van der Waals surface area contributed by atoms with Gasteiger partial charge in [0.1, 0.15) is 4.90 Å². The van der Waals surface area contributed by atoms with Crippen molar-refractivity contribution in [2.45, 2.75) is 18.7 Å². The second-order valence-electron chi connectivity index (χ2n) is 4.37.